The topological polar surface area (TPSA) is 42.2 Å². The van der Waals surface area contributed by atoms with Crippen LogP contribution >= 0.6 is 0 Å². The van der Waals surface area contributed by atoms with Crippen LogP contribution < -0.4 is 5.32 Å². The van der Waals surface area contributed by atoms with Crippen LogP contribution in [0.5, 0.6) is 0 Å². The molecule has 1 N–H and O–H groups in total. The second kappa shape index (κ2) is 3.14. The van der Waals surface area contributed by atoms with Crippen molar-refractivity contribution in [3.63, 3.8) is 0 Å². The third kappa shape index (κ3) is 1.40. The van der Waals surface area contributed by atoms with Crippen molar-refractivity contribution < 1.29 is 0 Å². The van der Waals surface area contributed by atoms with E-state index in [2.05, 4.69) is 21.6 Å². The number of aryl methyl sites for hydroxylation is 1. The highest BCUT2D eigenvalue weighted by Gasteiger charge is 2.02. The third-order valence-electron chi connectivity index (χ3n) is 1.97. The fourth-order valence-corrected chi connectivity index (χ4v) is 1.32. The molecule has 2 heterocycles. The Kier molecular flexibility index (Phi) is 1.98. The molecule has 0 atom stereocenters. The summed E-state index contributed by atoms with van der Waals surface area (Å²) in [6, 6.07) is 4.07. The average molecular weight is 176 g/mol. The molecule has 4 nitrogen and oxygen atoms in total. The van der Waals surface area contributed by atoms with E-state index in [1.54, 1.807) is 0 Å². The maximum Gasteiger partial charge on any atom is 0.161 e. The largest absolute Gasteiger partial charge is 0.313 e. The second-order valence-electron chi connectivity index (χ2n) is 3.08. The highest BCUT2D eigenvalue weighted by molar-refractivity contribution is 5.40. The monoisotopic (exact) mass is 176 g/mol. The minimum Gasteiger partial charge on any atom is -0.313 e. The van der Waals surface area contributed by atoms with Gasteiger partial charge in [-0.1, -0.05) is 0 Å². The fraction of sp³-hybridized carbons (Fsp3) is 0.333. The van der Waals surface area contributed by atoms with Gasteiger partial charge in [0.05, 0.1) is 6.54 Å². The second-order valence-corrected chi connectivity index (χ2v) is 3.08. The van der Waals surface area contributed by atoms with Gasteiger partial charge in [-0.15, -0.1) is 10.2 Å². The van der Waals surface area contributed by atoms with Gasteiger partial charge in [0.15, 0.2) is 11.5 Å². The Labute approximate surface area is 76.6 Å². The fourth-order valence-electron chi connectivity index (χ4n) is 1.32. The van der Waals surface area contributed by atoms with Crippen molar-refractivity contribution in [2.24, 2.45) is 0 Å². The van der Waals surface area contributed by atoms with Gasteiger partial charge in [0.1, 0.15) is 0 Å². The summed E-state index contributed by atoms with van der Waals surface area (Å²) in [5.41, 5.74) is 2.11. The molecule has 2 aromatic rings. The Morgan fingerprint density at radius 2 is 2.31 bits per heavy atom. The highest BCUT2D eigenvalue weighted by atomic mass is 15.3. The molecule has 4 heteroatoms. The van der Waals surface area contributed by atoms with Gasteiger partial charge in [0.25, 0.3) is 0 Å². The van der Waals surface area contributed by atoms with E-state index >= 15 is 0 Å². The summed E-state index contributed by atoms with van der Waals surface area (Å²) in [5.74, 6) is 0.942. The van der Waals surface area contributed by atoms with Crippen LogP contribution in [0.4, 0.5) is 0 Å². The van der Waals surface area contributed by atoms with Crippen LogP contribution in [0.2, 0.25) is 0 Å². The van der Waals surface area contributed by atoms with Gasteiger partial charge in [-0.25, -0.2) is 0 Å². The number of pyridine rings is 1. The predicted molar refractivity (Wildman–Crippen MR) is 50.5 cm³/mol. The van der Waals surface area contributed by atoms with Gasteiger partial charge in [-0.05, 0) is 31.7 Å². The Hall–Kier alpha value is -1.42. The molecule has 0 bridgehead atoms. The van der Waals surface area contributed by atoms with E-state index in [9.17, 15) is 0 Å². The first-order valence-corrected chi connectivity index (χ1v) is 4.26. The van der Waals surface area contributed by atoms with Gasteiger partial charge < -0.3 is 5.32 Å². The van der Waals surface area contributed by atoms with Crippen LogP contribution in [0.25, 0.3) is 5.65 Å². The van der Waals surface area contributed by atoms with Crippen molar-refractivity contribution in [3.8, 4) is 0 Å². The van der Waals surface area contributed by atoms with Crippen molar-refractivity contribution in [1.82, 2.24) is 19.9 Å². The number of hydrogen-bond acceptors (Lipinski definition) is 3. The van der Waals surface area contributed by atoms with Gasteiger partial charge in [-0.3, -0.25) is 4.40 Å². The Morgan fingerprint density at radius 3 is 3.08 bits per heavy atom. The number of rotatable bonds is 2. The summed E-state index contributed by atoms with van der Waals surface area (Å²) in [6.07, 6.45) is 2.00. The zero-order valence-corrected chi connectivity index (χ0v) is 7.78. The summed E-state index contributed by atoms with van der Waals surface area (Å²) < 4.78 is 1.99. The Balaban J connectivity index is 2.55. The zero-order chi connectivity index (χ0) is 9.26. The minimum absolute atomic E-state index is 0.740. The summed E-state index contributed by atoms with van der Waals surface area (Å²) >= 11 is 0. The zero-order valence-electron chi connectivity index (χ0n) is 7.78. The van der Waals surface area contributed by atoms with Gasteiger partial charge in [0.2, 0.25) is 0 Å². The van der Waals surface area contributed by atoms with Crippen LogP contribution in [-0.4, -0.2) is 21.6 Å². The van der Waals surface area contributed by atoms with Gasteiger partial charge in [0, 0.05) is 6.20 Å². The Morgan fingerprint density at radius 1 is 1.46 bits per heavy atom. The van der Waals surface area contributed by atoms with Crippen molar-refractivity contribution in [3.05, 3.63) is 29.7 Å². The molecule has 2 aromatic heterocycles. The molecule has 2 rings (SSSR count). The molecule has 0 fully saturated rings. The summed E-state index contributed by atoms with van der Waals surface area (Å²) in [5, 5.41) is 11.2. The maximum absolute atomic E-state index is 4.08. The third-order valence-corrected chi connectivity index (χ3v) is 1.97. The molecule has 0 aromatic carbocycles. The maximum atomic E-state index is 4.08. The van der Waals surface area contributed by atoms with Crippen LogP contribution in [0.1, 0.15) is 11.4 Å². The average Bonchev–Trinajstić information content (AvgIpc) is 2.49. The quantitative estimate of drug-likeness (QED) is 0.734. The van der Waals surface area contributed by atoms with E-state index < -0.39 is 0 Å². The molecule has 0 aliphatic carbocycles. The van der Waals surface area contributed by atoms with Crippen molar-refractivity contribution in [2.75, 3.05) is 7.05 Å². The number of nitrogens with one attached hydrogen (secondary N) is 1. The van der Waals surface area contributed by atoms with E-state index in [4.69, 9.17) is 0 Å². The number of nitrogens with zero attached hydrogens (tertiary/aromatic N) is 3. The van der Waals surface area contributed by atoms with E-state index in [0.29, 0.717) is 0 Å². The lowest BCUT2D eigenvalue weighted by atomic mass is 10.3. The molecular weight excluding hydrogens is 164 g/mol. The molecule has 0 saturated carbocycles. The highest BCUT2D eigenvalue weighted by Crippen LogP contribution is 2.05. The van der Waals surface area contributed by atoms with Crippen LogP contribution in [0.15, 0.2) is 18.3 Å². The van der Waals surface area contributed by atoms with Crippen LogP contribution in [0.3, 0.4) is 0 Å². The molecule has 0 spiro atoms. The van der Waals surface area contributed by atoms with Crippen molar-refractivity contribution >= 4 is 5.65 Å². The molecule has 0 radical (unpaired) electrons. The molecule has 0 amide bonds. The van der Waals surface area contributed by atoms with Crippen LogP contribution in [0, 0.1) is 6.92 Å². The lowest BCUT2D eigenvalue weighted by Crippen LogP contribution is -2.08. The molecule has 0 aliphatic heterocycles. The predicted octanol–water partition coefficient (Wildman–Crippen LogP) is 0.757. The molecule has 0 saturated heterocycles. The first-order valence-electron chi connectivity index (χ1n) is 4.26. The van der Waals surface area contributed by atoms with E-state index in [0.717, 1.165) is 18.0 Å². The summed E-state index contributed by atoms with van der Waals surface area (Å²) in [7, 11) is 1.90. The standard InChI is InChI=1S/C9H12N4/c1-7-3-4-13-8(5-7)11-12-9(13)6-10-2/h3-5,10H,6H2,1-2H3. The van der Waals surface area contributed by atoms with Crippen molar-refractivity contribution in [1.29, 1.82) is 0 Å². The lowest BCUT2D eigenvalue weighted by molar-refractivity contribution is 0.747. The SMILES string of the molecule is CNCc1nnc2cc(C)ccn12. The number of aromatic nitrogens is 3. The first kappa shape index (κ1) is 8.19. The Bertz CT molecular complexity index is 418. The van der Waals surface area contributed by atoms with E-state index in [-0.39, 0.29) is 0 Å². The van der Waals surface area contributed by atoms with Gasteiger partial charge in [-0.2, -0.15) is 0 Å². The summed E-state index contributed by atoms with van der Waals surface area (Å²) in [4.78, 5) is 0. The lowest BCUT2D eigenvalue weighted by Gasteiger charge is -1.98. The molecule has 13 heavy (non-hydrogen) atoms. The normalized spacial score (nSPS) is 10.9. The molecule has 68 valence electrons. The van der Waals surface area contributed by atoms with Crippen molar-refractivity contribution in [2.45, 2.75) is 13.5 Å². The first-order chi connectivity index (χ1) is 6.31. The molecular formula is C9H12N4. The molecule has 0 aliphatic rings. The molecule has 0 unspecified atom stereocenters. The van der Waals surface area contributed by atoms with Crippen LogP contribution in [-0.2, 0) is 6.54 Å². The summed E-state index contributed by atoms with van der Waals surface area (Å²) in [6.45, 7) is 2.79. The van der Waals surface area contributed by atoms with E-state index in [1.807, 2.05) is 30.6 Å². The van der Waals surface area contributed by atoms with E-state index in [1.165, 1.54) is 5.56 Å². The number of fused-ring (bicyclic) bond motifs is 1. The minimum atomic E-state index is 0.740. The smallest absolute Gasteiger partial charge is 0.161 e. The number of hydrogen-bond donors (Lipinski definition) is 1. The van der Waals surface area contributed by atoms with Gasteiger partial charge >= 0.3 is 0 Å².